The molecule has 0 saturated carbocycles. The Bertz CT molecular complexity index is 1380. The summed E-state index contributed by atoms with van der Waals surface area (Å²) in [5.41, 5.74) is 3.67. The number of nitrogens with one attached hydrogen (secondary N) is 2. The van der Waals surface area contributed by atoms with Crippen LogP contribution in [0.3, 0.4) is 0 Å². The Morgan fingerprint density at radius 3 is 2.85 bits per heavy atom. The molecule has 5 aromatic rings. The summed E-state index contributed by atoms with van der Waals surface area (Å²) in [4.78, 5) is 24.5. The molecule has 9 heteroatoms. The highest BCUT2D eigenvalue weighted by Gasteiger charge is 2.18. The van der Waals surface area contributed by atoms with Gasteiger partial charge in [0.15, 0.2) is 11.2 Å². The van der Waals surface area contributed by atoms with E-state index in [1.54, 1.807) is 23.1 Å². The Kier molecular flexibility index (Phi) is 3.34. The molecule has 0 atom stereocenters. The van der Waals surface area contributed by atoms with Crippen molar-refractivity contribution in [2.45, 2.75) is 0 Å². The van der Waals surface area contributed by atoms with Crippen molar-refractivity contribution >= 4 is 33.7 Å². The minimum absolute atomic E-state index is 0.208. The van der Waals surface area contributed by atoms with Gasteiger partial charge in [-0.3, -0.25) is 14.6 Å². The van der Waals surface area contributed by atoms with Gasteiger partial charge < -0.3 is 4.98 Å². The summed E-state index contributed by atoms with van der Waals surface area (Å²) in [6, 6.07) is 6.96. The SMILES string of the molecule is Cn1ccc(-c2nc3[nH]ccc(=O)c3nc2-c2cc(Cl)c3[nH]ncc3c2)n1. The fraction of sp³-hybridized carbons (Fsp3) is 0.0556. The van der Waals surface area contributed by atoms with Gasteiger partial charge in [0.2, 0.25) is 5.43 Å². The van der Waals surface area contributed by atoms with Crippen LogP contribution in [0.1, 0.15) is 0 Å². The van der Waals surface area contributed by atoms with Crippen LogP contribution in [0.15, 0.2) is 47.7 Å². The van der Waals surface area contributed by atoms with Crippen molar-refractivity contribution in [1.29, 1.82) is 0 Å². The van der Waals surface area contributed by atoms with E-state index >= 15 is 0 Å². The van der Waals surface area contributed by atoms with E-state index < -0.39 is 0 Å². The summed E-state index contributed by atoms with van der Waals surface area (Å²) in [7, 11) is 1.83. The summed E-state index contributed by atoms with van der Waals surface area (Å²) in [6.45, 7) is 0. The van der Waals surface area contributed by atoms with Crippen LogP contribution in [0.25, 0.3) is 44.7 Å². The van der Waals surface area contributed by atoms with E-state index in [9.17, 15) is 4.79 Å². The van der Waals surface area contributed by atoms with Crippen LogP contribution < -0.4 is 5.43 Å². The zero-order valence-electron chi connectivity index (χ0n) is 14.1. The van der Waals surface area contributed by atoms with Crippen molar-refractivity contribution in [3.05, 3.63) is 58.1 Å². The molecule has 1 aromatic carbocycles. The second-order valence-electron chi connectivity index (χ2n) is 6.13. The molecule has 0 bridgehead atoms. The molecule has 0 aliphatic rings. The summed E-state index contributed by atoms with van der Waals surface area (Å²) in [6.07, 6.45) is 5.06. The minimum atomic E-state index is -0.208. The average Bonchev–Trinajstić information content (AvgIpc) is 3.30. The van der Waals surface area contributed by atoms with Gasteiger partial charge in [-0.2, -0.15) is 10.2 Å². The van der Waals surface area contributed by atoms with Gasteiger partial charge in [-0.1, -0.05) is 11.6 Å². The first-order valence-electron chi connectivity index (χ1n) is 8.12. The molecule has 0 fully saturated rings. The number of benzene rings is 1. The Morgan fingerprint density at radius 2 is 2.04 bits per heavy atom. The highest BCUT2D eigenvalue weighted by atomic mass is 35.5. The highest BCUT2D eigenvalue weighted by molar-refractivity contribution is 6.35. The zero-order valence-corrected chi connectivity index (χ0v) is 14.8. The van der Waals surface area contributed by atoms with E-state index in [0.29, 0.717) is 27.8 Å². The maximum absolute atomic E-state index is 12.3. The van der Waals surface area contributed by atoms with Crippen molar-refractivity contribution in [2.24, 2.45) is 7.05 Å². The van der Waals surface area contributed by atoms with Gasteiger partial charge in [-0.05, 0) is 18.2 Å². The van der Waals surface area contributed by atoms with Crippen LogP contribution in [0, 0.1) is 0 Å². The van der Waals surface area contributed by atoms with E-state index in [1.807, 2.05) is 25.4 Å². The van der Waals surface area contributed by atoms with Gasteiger partial charge in [-0.15, -0.1) is 0 Å². The molecule has 0 spiro atoms. The van der Waals surface area contributed by atoms with Gasteiger partial charge in [0.25, 0.3) is 0 Å². The molecule has 8 nitrogen and oxygen atoms in total. The lowest BCUT2D eigenvalue weighted by molar-refractivity contribution is 0.770. The average molecular weight is 378 g/mol. The fourth-order valence-electron chi connectivity index (χ4n) is 3.06. The highest BCUT2D eigenvalue weighted by Crippen LogP contribution is 2.33. The largest absolute Gasteiger partial charge is 0.345 e. The maximum Gasteiger partial charge on any atom is 0.209 e. The Labute approximate surface area is 156 Å². The molecule has 4 heterocycles. The van der Waals surface area contributed by atoms with Crippen molar-refractivity contribution in [2.75, 3.05) is 0 Å². The number of H-pyrrole nitrogens is 2. The van der Waals surface area contributed by atoms with Crippen molar-refractivity contribution in [1.82, 2.24) is 34.9 Å². The molecule has 2 N–H and O–H groups in total. The first-order chi connectivity index (χ1) is 13.1. The molecular formula is C18H12ClN7O. The predicted molar refractivity (Wildman–Crippen MR) is 102 cm³/mol. The monoisotopic (exact) mass is 377 g/mol. The standard InChI is InChI=1S/C18H12ClN7O/c1-26-5-3-12(25-26)16-15(22-17-13(27)2-4-20-18(17)23-16)9-6-10-8-21-24-14(10)11(19)7-9/h2-8H,1H3,(H,21,24)(H,20,23,27). The lowest BCUT2D eigenvalue weighted by Crippen LogP contribution is -2.07. The van der Waals surface area contributed by atoms with E-state index in [-0.39, 0.29) is 10.9 Å². The van der Waals surface area contributed by atoms with Crippen molar-refractivity contribution in [3.8, 4) is 22.6 Å². The smallest absolute Gasteiger partial charge is 0.209 e. The maximum atomic E-state index is 12.3. The van der Waals surface area contributed by atoms with E-state index in [0.717, 1.165) is 16.5 Å². The van der Waals surface area contributed by atoms with Gasteiger partial charge >= 0.3 is 0 Å². The predicted octanol–water partition coefficient (Wildman–Crippen LogP) is 2.92. The Hall–Kier alpha value is -3.52. The van der Waals surface area contributed by atoms with Gasteiger partial charge in [0, 0.05) is 36.5 Å². The molecule has 0 saturated heterocycles. The second kappa shape index (κ2) is 5.75. The van der Waals surface area contributed by atoms with Crippen LogP contribution in [-0.4, -0.2) is 34.9 Å². The molecule has 5 rings (SSSR count). The third kappa shape index (κ3) is 2.49. The lowest BCUT2D eigenvalue weighted by Gasteiger charge is -2.09. The normalized spacial score (nSPS) is 11.5. The number of rotatable bonds is 2. The number of hydrogen-bond donors (Lipinski definition) is 2. The van der Waals surface area contributed by atoms with Crippen LogP contribution in [-0.2, 0) is 7.05 Å². The fourth-order valence-corrected chi connectivity index (χ4v) is 3.32. The number of pyridine rings is 1. The molecule has 4 aromatic heterocycles. The third-order valence-electron chi connectivity index (χ3n) is 4.31. The molecule has 27 heavy (non-hydrogen) atoms. The molecular weight excluding hydrogens is 366 g/mol. The first kappa shape index (κ1) is 15.7. The lowest BCUT2D eigenvalue weighted by atomic mass is 10.1. The quantitative estimate of drug-likeness (QED) is 0.492. The second-order valence-corrected chi connectivity index (χ2v) is 6.53. The topological polar surface area (TPSA) is 105 Å². The number of aromatic nitrogens is 7. The number of halogens is 1. The summed E-state index contributed by atoms with van der Waals surface area (Å²) in [5, 5.41) is 12.7. The van der Waals surface area contributed by atoms with Gasteiger partial charge in [0.1, 0.15) is 11.4 Å². The Morgan fingerprint density at radius 1 is 1.15 bits per heavy atom. The minimum Gasteiger partial charge on any atom is -0.345 e. The molecule has 0 aliphatic heterocycles. The van der Waals surface area contributed by atoms with E-state index in [4.69, 9.17) is 11.6 Å². The molecule has 0 unspecified atom stereocenters. The van der Waals surface area contributed by atoms with Gasteiger partial charge in [0.05, 0.1) is 22.4 Å². The molecule has 0 aliphatic carbocycles. The van der Waals surface area contributed by atoms with Crippen LogP contribution in [0.2, 0.25) is 5.02 Å². The van der Waals surface area contributed by atoms with Crippen molar-refractivity contribution < 1.29 is 0 Å². The van der Waals surface area contributed by atoms with Crippen LogP contribution in [0.5, 0.6) is 0 Å². The number of hydrogen-bond acceptors (Lipinski definition) is 5. The van der Waals surface area contributed by atoms with Crippen molar-refractivity contribution in [3.63, 3.8) is 0 Å². The van der Waals surface area contributed by atoms with E-state index in [2.05, 4.69) is 30.2 Å². The summed E-state index contributed by atoms with van der Waals surface area (Å²) < 4.78 is 1.69. The first-order valence-corrected chi connectivity index (χ1v) is 8.50. The Balaban J connectivity index is 1.88. The summed E-state index contributed by atoms with van der Waals surface area (Å²) >= 11 is 6.40. The number of nitrogens with zero attached hydrogens (tertiary/aromatic N) is 5. The number of fused-ring (bicyclic) bond motifs is 2. The van der Waals surface area contributed by atoms with Crippen LogP contribution >= 0.6 is 11.6 Å². The molecule has 0 amide bonds. The third-order valence-corrected chi connectivity index (χ3v) is 4.61. The van der Waals surface area contributed by atoms with Crippen LogP contribution in [0.4, 0.5) is 0 Å². The van der Waals surface area contributed by atoms with E-state index in [1.165, 1.54) is 6.07 Å². The zero-order chi connectivity index (χ0) is 18.5. The molecule has 132 valence electrons. The molecule has 0 radical (unpaired) electrons. The number of aryl methyl sites for hydroxylation is 1. The van der Waals surface area contributed by atoms with Gasteiger partial charge in [-0.25, -0.2) is 9.97 Å². The summed E-state index contributed by atoms with van der Waals surface area (Å²) in [5.74, 6) is 0. The number of aromatic amines is 2.